The third-order valence-corrected chi connectivity index (χ3v) is 6.30. The number of hydrogen-bond donors (Lipinski definition) is 1. The first-order valence-electron chi connectivity index (χ1n) is 9.87. The van der Waals surface area contributed by atoms with E-state index in [9.17, 15) is 14.4 Å². The van der Waals surface area contributed by atoms with E-state index < -0.39 is 0 Å². The number of amides is 1. The molecule has 8 nitrogen and oxygen atoms in total. The fraction of sp³-hybridized carbons (Fsp3) is 0.217. The minimum Gasteiger partial charge on any atom is -0.497 e. The number of ketones is 1. The lowest BCUT2D eigenvalue weighted by molar-refractivity contribution is -0.113. The molecule has 0 aliphatic rings. The number of carbonyl (C=O) groups is 2. The average molecular weight is 451 g/mol. The highest BCUT2D eigenvalue weighted by atomic mass is 32.2. The summed E-state index contributed by atoms with van der Waals surface area (Å²) in [6.07, 6.45) is 0. The maximum Gasteiger partial charge on any atom is 0.278 e. The molecule has 4 aromatic rings. The first-order valence-corrected chi connectivity index (χ1v) is 10.9. The number of aryl methyl sites for hydroxylation is 1. The molecule has 0 fully saturated rings. The molecule has 0 saturated carbocycles. The third-order valence-electron chi connectivity index (χ3n) is 5.27. The number of carbonyl (C=O) groups excluding carboxylic acids is 2. The van der Waals surface area contributed by atoms with Gasteiger partial charge in [-0.3, -0.25) is 19.0 Å². The van der Waals surface area contributed by atoms with Gasteiger partial charge in [0.25, 0.3) is 5.56 Å². The Bertz CT molecular complexity index is 1440. The Morgan fingerprint density at radius 1 is 1.12 bits per heavy atom. The van der Waals surface area contributed by atoms with Gasteiger partial charge in [-0.1, -0.05) is 23.9 Å². The molecule has 0 atom stereocenters. The maximum atomic E-state index is 13.1. The number of nitrogens with one attached hydrogen (secondary N) is 1. The molecule has 9 heteroatoms. The predicted octanol–water partition coefficient (Wildman–Crippen LogP) is 3.37. The zero-order valence-corrected chi connectivity index (χ0v) is 18.9. The zero-order chi connectivity index (χ0) is 23.0. The quantitative estimate of drug-likeness (QED) is 0.275. The van der Waals surface area contributed by atoms with E-state index in [0.717, 1.165) is 10.9 Å². The van der Waals surface area contributed by atoms with Crippen LogP contribution in [0.2, 0.25) is 0 Å². The molecule has 2 heterocycles. The number of hydrogen-bond acceptors (Lipinski definition) is 6. The van der Waals surface area contributed by atoms with E-state index in [0.29, 0.717) is 33.2 Å². The summed E-state index contributed by atoms with van der Waals surface area (Å²) in [6.45, 7) is 1.47. The van der Waals surface area contributed by atoms with Crippen molar-refractivity contribution in [3.05, 3.63) is 58.4 Å². The highest BCUT2D eigenvalue weighted by Crippen LogP contribution is 2.29. The minimum absolute atomic E-state index is 0.0597. The van der Waals surface area contributed by atoms with E-state index in [-0.39, 0.29) is 23.0 Å². The number of nitrogens with zero attached hydrogens (tertiary/aromatic N) is 3. The summed E-state index contributed by atoms with van der Waals surface area (Å²) in [5, 5.41) is 4.03. The molecular weight excluding hydrogens is 428 g/mol. The van der Waals surface area contributed by atoms with Gasteiger partial charge in [-0.2, -0.15) is 0 Å². The van der Waals surface area contributed by atoms with Crippen molar-refractivity contribution < 1.29 is 14.3 Å². The zero-order valence-electron chi connectivity index (χ0n) is 18.1. The standard InChI is InChI=1S/C23H22N4O4S/c1-13(28)14-6-5-7-15(10-14)24-19(29)12-32-23-25-20-17-11-16(31-4)8-9-18(17)26(2)21(20)22(30)27(23)3/h5-11H,12H2,1-4H3,(H,24,29). The van der Waals surface area contributed by atoms with E-state index in [1.54, 1.807) is 38.4 Å². The lowest BCUT2D eigenvalue weighted by atomic mass is 10.1. The van der Waals surface area contributed by atoms with Crippen LogP contribution in [0.25, 0.3) is 21.9 Å². The Hall–Kier alpha value is -3.59. The molecule has 0 unspecified atom stereocenters. The highest BCUT2D eigenvalue weighted by molar-refractivity contribution is 7.99. The van der Waals surface area contributed by atoms with Crippen LogP contribution in [0.3, 0.4) is 0 Å². The molecule has 0 saturated heterocycles. The largest absolute Gasteiger partial charge is 0.497 e. The second kappa shape index (κ2) is 8.51. The number of rotatable bonds is 6. The average Bonchev–Trinajstić information content (AvgIpc) is 3.06. The summed E-state index contributed by atoms with van der Waals surface area (Å²) in [7, 11) is 5.06. The van der Waals surface area contributed by atoms with Crippen LogP contribution in [0, 0.1) is 0 Å². The van der Waals surface area contributed by atoms with Crippen LogP contribution < -0.4 is 15.6 Å². The van der Waals surface area contributed by atoms with Crippen molar-refractivity contribution >= 4 is 51.1 Å². The van der Waals surface area contributed by atoms with Gasteiger partial charge in [-0.05, 0) is 37.3 Å². The van der Waals surface area contributed by atoms with E-state index in [1.807, 2.05) is 29.8 Å². The number of fused-ring (bicyclic) bond motifs is 3. The molecule has 164 valence electrons. The molecule has 4 rings (SSSR count). The van der Waals surface area contributed by atoms with Gasteiger partial charge in [0.15, 0.2) is 10.9 Å². The van der Waals surface area contributed by atoms with E-state index in [2.05, 4.69) is 5.32 Å². The van der Waals surface area contributed by atoms with E-state index in [4.69, 9.17) is 9.72 Å². The molecule has 0 bridgehead atoms. The number of methoxy groups -OCH3 is 1. The lowest BCUT2D eigenvalue weighted by Crippen LogP contribution is -2.22. The van der Waals surface area contributed by atoms with Crippen molar-refractivity contribution in [3.8, 4) is 5.75 Å². The number of aromatic nitrogens is 3. The van der Waals surface area contributed by atoms with Crippen molar-refractivity contribution in [2.24, 2.45) is 14.1 Å². The van der Waals surface area contributed by atoms with Crippen LogP contribution in [0.4, 0.5) is 5.69 Å². The van der Waals surface area contributed by atoms with Gasteiger partial charge >= 0.3 is 0 Å². The van der Waals surface area contributed by atoms with Crippen molar-refractivity contribution in [2.75, 3.05) is 18.2 Å². The third kappa shape index (κ3) is 3.87. The lowest BCUT2D eigenvalue weighted by Gasteiger charge is -2.09. The van der Waals surface area contributed by atoms with E-state index >= 15 is 0 Å². The SMILES string of the molecule is COc1ccc2c(c1)c1nc(SCC(=O)Nc3cccc(C(C)=O)c3)n(C)c(=O)c1n2C. The highest BCUT2D eigenvalue weighted by Gasteiger charge is 2.18. The van der Waals surface area contributed by atoms with Crippen LogP contribution in [-0.2, 0) is 18.9 Å². The normalized spacial score (nSPS) is 11.1. The number of anilines is 1. The van der Waals surface area contributed by atoms with Gasteiger partial charge < -0.3 is 14.6 Å². The minimum atomic E-state index is -0.260. The molecular formula is C23H22N4O4S. The van der Waals surface area contributed by atoms with Gasteiger partial charge in [0.1, 0.15) is 16.8 Å². The molecule has 2 aromatic heterocycles. The summed E-state index contributed by atoms with van der Waals surface area (Å²) < 4.78 is 8.60. The Balaban J connectivity index is 1.63. The van der Waals surface area contributed by atoms with Gasteiger partial charge in [-0.25, -0.2) is 4.98 Å². The molecule has 1 amide bonds. The van der Waals surface area contributed by atoms with E-state index in [1.165, 1.54) is 23.3 Å². The molecule has 1 N–H and O–H groups in total. The Morgan fingerprint density at radius 2 is 1.91 bits per heavy atom. The molecule has 32 heavy (non-hydrogen) atoms. The number of benzene rings is 2. The number of ether oxygens (including phenoxy) is 1. The summed E-state index contributed by atoms with van der Waals surface area (Å²) in [5.74, 6) is 0.401. The van der Waals surface area contributed by atoms with Gasteiger partial charge in [-0.15, -0.1) is 0 Å². The predicted molar refractivity (Wildman–Crippen MR) is 126 cm³/mol. The van der Waals surface area contributed by atoms with Crippen molar-refractivity contribution in [1.29, 1.82) is 0 Å². The monoisotopic (exact) mass is 450 g/mol. The Labute approximate surface area is 188 Å². The summed E-state index contributed by atoms with van der Waals surface area (Å²) in [4.78, 5) is 41.8. The van der Waals surface area contributed by atoms with Gasteiger partial charge in [0.2, 0.25) is 5.91 Å². The first-order chi connectivity index (χ1) is 15.3. The number of thioether (sulfide) groups is 1. The fourth-order valence-electron chi connectivity index (χ4n) is 3.58. The summed E-state index contributed by atoms with van der Waals surface area (Å²) in [6, 6.07) is 12.4. The Morgan fingerprint density at radius 3 is 2.62 bits per heavy atom. The fourth-order valence-corrected chi connectivity index (χ4v) is 4.34. The molecule has 0 radical (unpaired) electrons. The second-order valence-corrected chi connectivity index (χ2v) is 8.31. The topological polar surface area (TPSA) is 95.2 Å². The molecule has 0 spiro atoms. The summed E-state index contributed by atoms with van der Waals surface area (Å²) >= 11 is 1.17. The number of Topliss-reactive ketones (excluding diaryl/α,β-unsaturated/α-hetero) is 1. The van der Waals surface area contributed by atoms with Crippen molar-refractivity contribution in [2.45, 2.75) is 12.1 Å². The van der Waals surface area contributed by atoms with Crippen LogP contribution in [0.1, 0.15) is 17.3 Å². The maximum absolute atomic E-state index is 13.1. The van der Waals surface area contributed by atoms with Crippen LogP contribution in [0.15, 0.2) is 52.4 Å². The van der Waals surface area contributed by atoms with Gasteiger partial charge in [0, 0.05) is 30.7 Å². The van der Waals surface area contributed by atoms with Crippen molar-refractivity contribution in [3.63, 3.8) is 0 Å². The molecule has 2 aromatic carbocycles. The second-order valence-electron chi connectivity index (χ2n) is 7.37. The summed E-state index contributed by atoms with van der Waals surface area (Å²) in [5.41, 5.74) is 2.81. The molecule has 0 aliphatic heterocycles. The van der Waals surface area contributed by atoms with Gasteiger partial charge in [0.05, 0.1) is 18.4 Å². The molecule has 0 aliphatic carbocycles. The van der Waals surface area contributed by atoms with Crippen molar-refractivity contribution in [1.82, 2.24) is 14.1 Å². The van der Waals surface area contributed by atoms with Crippen LogP contribution >= 0.6 is 11.8 Å². The van der Waals surface area contributed by atoms with Crippen LogP contribution in [0.5, 0.6) is 5.75 Å². The first kappa shape index (κ1) is 21.6. The Kier molecular flexibility index (Phi) is 5.75. The van der Waals surface area contributed by atoms with Crippen LogP contribution in [-0.4, -0.2) is 38.7 Å². The smallest absolute Gasteiger partial charge is 0.278 e.